The second kappa shape index (κ2) is 7.95. The summed E-state index contributed by atoms with van der Waals surface area (Å²) in [5, 5.41) is 0.709. The van der Waals surface area contributed by atoms with Crippen LogP contribution in [-0.2, 0) is 20.7 Å². The molecule has 2 heterocycles. The van der Waals surface area contributed by atoms with E-state index in [-0.39, 0.29) is 12.4 Å². The number of hydrogen-bond acceptors (Lipinski definition) is 5. The van der Waals surface area contributed by atoms with E-state index >= 15 is 0 Å². The summed E-state index contributed by atoms with van der Waals surface area (Å²) >= 11 is 0. The third-order valence-corrected chi connectivity index (χ3v) is 5.72. The van der Waals surface area contributed by atoms with E-state index in [2.05, 4.69) is 0 Å². The molecule has 0 unspecified atom stereocenters. The highest BCUT2D eigenvalue weighted by Gasteiger charge is 2.33. The fourth-order valence-electron chi connectivity index (χ4n) is 4.24. The number of aromatic nitrogens is 1. The Bertz CT molecular complexity index is 1220. The maximum absolute atomic E-state index is 13.3. The van der Waals surface area contributed by atoms with Crippen LogP contribution in [0.25, 0.3) is 22.6 Å². The molecule has 1 saturated heterocycles. The van der Waals surface area contributed by atoms with Crippen molar-refractivity contribution in [1.82, 2.24) is 4.98 Å². The third kappa shape index (κ3) is 3.69. The minimum atomic E-state index is -0.868. The van der Waals surface area contributed by atoms with E-state index in [1.807, 2.05) is 30.3 Å². The summed E-state index contributed by atoms with van der Waals surface area (Å²) in [6.45, 7) is 0.260. The van der Waals surface area contributed by atoms with E-state index in [0.717, 1.165) is 35.2 Å². The molecule has 6 heteroatoms. The number of nitrogens with zero attached hydrogens (tertiary/aromatic N) is 1. The summed E-state index contributed by atoms with van der Waals surface area (Å²) in [5.41, 5.74) is 4.61. The Morgan fingerprint density at radius 2 is 1.94 bits per heavy atom. The van der Waals surface area contributed by atoms with Gasteiger partial charge in [-0.25, -0.2) is 19.0 Å². The lowest BCUT2D eigenvalue weighted by molar-refractivity contribution is -0.145. The molecule has 0 spiro atoms. The van der Waals surface area contributed by atoms with Crippen molar-refractivity contribution >= 4 is 34.5 Å². The normalized spacial score (nSPS) is 19.3. The molecular weight excluding hydrogens is 397 g/mol. The number of pyridine rings is 1. The van der Waals surface area contributed by atoms with E-state index in [1.165, 1.54) is 12.1 Å². The number of rotatable bonds is 3. The molecule has 0 amide bonds. The molecule has 1 aliphatic heterocycles. The van der Waals surface area contributed by atoms with E-state index in [0.29, 0.717) is 29.3 Å². The first-order valence-corrected chi connectivity index (χ1v) is 10.4. The zero-order valence-corrected chi connectivity index (χ0v) is 16.8. The lowest BCUT2D eigenvalue weighted by Crippen LogP contribution is -2.24. The van der Waals surface area contributed by atoms with Gasteiger partial charge < -0.3 is 9.47 Å². The molecule has 156 valence electrons. The summed E-state index contributed by atoms with van der Waals surface area (Å²) < 4.78 is 23.8. The number of allylic oxidation sites excluding steroid dienone is 1. The van der Waals surface area contributed by atoms with Crippen LogP contribution in [0, 0.1) is 5.82 Å². The highest BCUT2D eigenvalue weighted by atomic mass is 19.1. The van der Waals surface area contributed by atoms with Crippen LogP contribution >= 0.6 is 0 Å². The third-order valence-electron chi connectivity index (χ3n) is 5.72. The molecule has 31 heavy (non-hydrogen) atoms. The molecule has 0 saturated carbocycles. The number of cyclic esters (lactones) is 1. The minimum absolute atomic E-state index is 0.260. The number of esters is 2. The minimum Gasteiger partial charge on any atom is -0.463 e. The number of para-hydroxylation sites is 1. The van der Waals surface area contributed by atoms with Crippen molar-refractivity contribution in [3.05, 3.63) is 76.7 Å². The molecule has 0 radical (unpaired) electrons. The molecule has 1 fully saturated rings. The highest BCUT2D eigenvalue weighted by Crippen LogP contribution is 2.36. The van der Waals surface area contributed by atoms with E-state index in [1.54, 1.807) is 12.1 Å². The highest BCUT2D eigenvalue weighted by molar-refractivity contribution is 6.07. The zero-order chi connectivity index (χ0) is 21.4. The average molecular weight is 417 g/mol. The van der Waals surface area contributed by atoms with Gasteiger partial charge in [-0.3, -0.25) is 0 Å². The number of hydrogen-bond donors (Lipinski definition) is 0. The van der Waals surface area contributed by atoms with Gasteiger partial charge in [-0.05, 0) is 60.2 Å². The van der Waals surface area contributed by atoms with E-state index in [9.17, 15) is 14.0 Å². The van der Waals surface area contributed by atoms with Crippen LogP contribution in [0.3, 0.4) is 0 Å². The predicted octanol–water partition coefficient (Wildman–Crippen LogP) is 4.72. The number of carbonyl (C=O) groups is 2. The van der Waals surface area contributed by atoms with Gasteiger partial charge in [-0.2, -0.15) is 0 Å². The maximum Gasteiger partial charge on any atom is 0.347 e. The first kappa shape index (κ1) is 19.4. The van der Waals surface area contributed by atoms with Crippen molar-refractivity contribution in [2.75, 3.05) is 6.61 Å². The summed E-state index contributed by atoms with van der Waals surface area (Å²) in [4.78, 5) is 29.9. The van der Waals surface area contributed by atoms with E-state index in [4.69, 9.17) is 14.5 Å². The monoisotopic (exact) mass is 417 g/mol. The van der Waals surface area contributed by atoms with Gasteiger partial charge in [0.1, 0.15) is 5.82 Å². The quantitative estimate of drug-likeness (QED) is 0.577. The molecule has 1 atom stereocenters. The van der Waals surface area contributed by atoms with Crippen LogP contribution in [0.1, 0.15) is 46.4 Å². The molecule has 0 N–H and O–H groups in total. The molecule has 1 aliphatic carbocycles. The Morgan fingerprint density at radius 1 is 1.13 bits per heavy atom. The van der Waals surface area contributed by atoms with Crippen molar-refractivity contribution in [3.8, 4) is 0 Å². The van der Waals surface area contributed by atoms with Gasteiger partial charge in [0, 0.05) is 11.8 Å². The van der Waals surface area contributed by atoms with Crippen molar-refractivity contribution < 1.29 is 23.5 Å². The van der Waals surface area contributed by atoms with Gasteiger partial charge in [0.25, 0.3) is 0 Å². The number of halogens is 1. The fraction of sp³-hybridized carbons (Fsp3) is 0.240. The Morgan fingerprint density at radius 3 is 2.71 bits per heavy atom. The smallest absolute Gasteiger partial charge is 0.347 e. The molecule has 3 aromatic rings. The zero-order valence-electron chi connectivity index (χ0n) is 16.8. The van der Waals surface area contributed by atoms with Crippen molar-refractivity contribution in [2.45, 2.75) is 31.8 Å². The SMILES string of the molecule is O=C(O[C@H]1CCOC1=O)c1c2c(nc3ccccc13)/C(=C/c1ccc(F)cc1)CCC2. The lowest BCUT2D eigenvalue weighted by atomic mass is 9.86. The molecular formula is C25H20FNO4. The Hall–Kier alpha value is -3.54. The Kier molecular flexibility index (Phi) is 4.98. The van der Waals surface area contributed by atoms with Crippen LogP contribution in [-0.4, -0.2) is 29.6 Å². The predicted molar refractivity (Wildman–Crippen MR) is 114 cm³/mol. The second-order valence-corrected chi connectivity index (χ2v) is 7.76. The number of benzene rings is 2. The van der Waals surface area contributed by atoms with Gasteiger partial charge in [0.15, 0.2) is 0 Å². The van der Waals surface area contributed by atoms with Crippen molar-refractivity contribution in [3.63, 3.8) is 0 Å². The molecule has 0 bridgehead atoms. The van der Waals surface area contributed by atoms with Crippen molar-refractivity contribution in [2.24, 2.45) is 0 Å². The van der Waals surface area contributed by atoms with Gasteiger partial charge in [-0.15, -0.1) is 0 Å². The maximum atomic E-state index is 13.3. The molecule has 1 aromatic heterocycles. The summed E-state index contributed by atoms with van der Waals surface area (Å²) in [6, 6.07) is 13.7. The number of fused-ring (bicyclic) bond motifs is 2. The largest absolute Gasteiger partial charge is 0.463 e. The van der Waals surface area contributed by atoms with Crippen LogP contribution < -0.4 is 0 Å². The van der Waals surface area contributed by atoms with Crippen LogP contribution in [0.5, 0.6) is 0 Å². The summed E-state index contributed by atoms with van der Waals surface area (Å²) in [7, 11) is 0. The van der Waals surface area contributed by atoms with Crippen molar-refractivity contribution in [1.29, 1.82) is 0 Å². The van der Waals surface area contributed by atoms with E-state index < -0.39 is 18.0 Å². The lowest BCUT2D eigenvalue weighted by Gasteiger charge is -2.23. The van der Waals surface area contributed by atoms with Gasteiger partial charge in [0.2, 0.25) is 6.10 Å². The first-order chi connectivity index (χ1) is 15.1. The first-order valence-electron chi connectivity index (χ1n) is 10.4. The molecule has 2 aromatic carbocycles. The number of ether oxygens (including phenoxy) is 2. The van der Waals surface area contributed by atoms with Crippen LogP contribution in [0.15, 0.2) is 48.5 Å². The average Bonchev–Trinajstić information content (AvgIpc) is 3.18. The van der Waals surface area contributed by atoms with Crippen LogP contribution in [0.4, 0.5) is 4.39 Å². The standard InChI is InChI=1S/C25H20FNO4/c26-17-10-8-15(9-11-17)14-16-4-3-6-19-22(25(29)31-21-12-13-30-24(21)28)18-5-1-2-7-20(18)27-23(16)19/h1-2,5,7-11,14,21H,3-4,6,12-13H2/b16-14+/t21-/m0/s1. The number of carbonyl (C=O) groups excluding carboxylic acids is 2. The van der Waals surface area contributed by atoms with Crippen LogP contribution in [0.2, 0.25) is 0 Å². The van der Waals surface area contributed by atoms with Gasteiger partial charge in [-0.1, -0.05) is 30.3 Å². The Balaban J connectivity index is 1.63. The molecule has 2 aliphatic rings. The van der Waals surface area contributed by atoms with Gasteiger partial charge in [0.05, 0.1) is 23.4 Å². The molecule has 5 rings (SSSR count). The van der Waals surface area contributed by atoms with Gasteiger partial charge >= 0.3 is 11.9 Å². The second-order valence-electron chi connectivity index (χ2n) is 7.76. The molecule has 5 nitrogen and oxygen atoms in total. The fourth-order valence-corrected chi connectivity index (χ4v) is 4.24. The summed E-state index contributed by atoms with van der Waals surface area (Å²) in [6.07, 6.45) is 3.83. The topological polar surface area (TPSA) is 65.5 Å². The Labute approximate surface area is 178 Å². The summed E-state index contributed by atoms with van der Waals surface area (Å²) in [5.74, 6) is -1.31.